The predicted molar refractivity (Wildman–Crippen MR) is 177 cm³/mol. The fraction of sp³-hybridized carbons (Fsp3) is 0.914. The lowest BCUT2D eigenvalue weighted by molar-refractivity contribution is -0.237. The van der Waals surface area contributed by atoms with E-state index < -0.39 is 84.4 Å². The standard InChI is InChI=1S/C35H63NO12/c1-5-6-7-8-9-10-11-12-13-14-17-47-24-19-23(34(45)46)31(30(41)27(24)38)48-25-18-22(26(37)29(40)28(25)39)32(42)36-16-15-21(33(43)44)20-35(2,3)4/h21-31,37-41H,5-20H2,1-4H3,(H,36,42)(H,43,44)(H,45,46)/t21-,22+,23+,24-,25-,26-,27+,28+,29+,30-,31-/m1/s1. The van der Waals surface area contributed by atoms with E-state index in [1.165, 1.54) is 38.5 Å². The monoisotopic (exact) mass is 689 g/mol. The number of aliphatic hydroxyl groups excluding tert-OH is 5. The molecule has 11 atom stereocenters. The van der Waals surface area contributed by atoms with Crippen LogP contribution >= 0.6 is 0 Å². The van der Waals surface area contributed by atoms with Crippen LogP contribution in [0.4, 0.5) is 0 Å². The van der Waals surface area contributed by atoms with Crippen molar-refractivity contribution in [2.45, 2.75) is 166 Å². The number of amides is 1. The molecule has 2 rings (SSSR count). The van der Waals surface area contributed by atoms with E-state index in [2.05, 4.69) is 12.2 Å². The molecule has 280 valence electrons. The molecule has 13 nitrogen and oxygen atoms in total. The number of aliphatic carboxylic acids is 2. The van der Waals surface area contributed by atoms with E-state index in [1.54, 1.807) is 0 Å². The first kappa shape index (κ1) is 42.3. The maximum Gasteiger partial charge on any atom is 0.309 e. The van der Waals surface area contributed by atoms with Crippen LogP contribution in [0.2, 0.25) is 0 Å². The molecule has 13 heteroatoms. The van der Waals surface area contributed by atoms with Crippen LogP contribution < -0.4 is 5.32 Å². The molecule has 48 heavy (non-hydrogen) atoms. The Balaban J connectivity index is 1.93. The smallest absolute Gasteiger partial charge is 0.309 e. The minimum Gasteiger partial charge on any atom is -0.481 e. The first-order valence-corrected chi connectivity index (χ1v) is 18.0. The van der Waals surface area contributed by atoms with Crippen molar-refractivity contribution in [3.8, 4) is 0 Å². The second-order valence-corrected chi connectivity index (χ2v) is 15.1. The Morgan fingerprint density at radius 1 is 0.729 bits per heavy atom. The molecule has 0 unspecified atom stereocenters. The van der Waals surface area contributed by atoms with Crippen LogP contribution in [0.15, 0.2) is 0 Å². The topological polar surface area (TPSA) is 223 Å². The fourth-order valence-corrected chi connectivity index (χ4v) is 6.93. The highest BCUT2D eigenvalue weighted by Crippen LogP contribution is 2.36. The van der Waals surface area contributed by atoms with E-state index in [9.17, 15) is 50.1 Å². The van der Waals surface area contributed by atoms with Gasteiger partial charge in [0.1, 0.15) is 24.4 Å². The average molecular weight is 690 g/mol. The molecule has 0 spiro atoms. The van der Waals surface area contributed by atoms with Crippen molar-refractivity contribution in [3.05, 3.63) is 0 Å². The number of rotatable bonds is 21. The second kappa shape index (κ2) is 20.7. The van der Waals surface area contributed by atoms with E-state index in [0.717, 1.165) is 25.7 Å². The normalized spacial score (nSPS) is 31.7. The second-order valence-electron chi connectivity index (χ2n) is 15.1. The number of ether oxygens (including phenoxy) is 2. The van der Waals surface area contributed by atoms with Crippen molar-refractivity contribution in [1.29, 1.82) is 0 Å². The van der Waals surface area contributed by atoms with Gasteiger partial charge in [-0.1, -0.05) is 85.5 Å². The summed E-state index contributed by atoms with van der Waals surface area (Å²) in [5, 5.41) is 75.8. The highest BCUT2D eigenvalue weighted by atomic mass is 16.5. The van der Waals surface area contributed by atoms with Gasteiger partial charge in [0.25, 0.3) is 0 Å². The third-order valence-corrected chi connectivity index (χ3v) is 9.75. The van der Waals surface area contributed by atoms with Gasteiger partial charge in [0.05, 0.1) is 42.2 Å². The summed E-state index contributed by atoms with van der Waals surface area (Å²) >= 11 is 0. The lowest BCUT2D eigenvalue weighted by Gasteiger charge is -2.45. The van der Waals surface area contributed by atoms with Crippen molar-refractivity contribution in [3.63, 3.8) is 0 Å². The Hall–Kier alpha value is -1.87. The molecule has 0 aromatic heterocycles. The van der Waals surface area contributed by atoms with Crippen LogP contribution in [0.25, 0.3) is 0 Å². The molecular weight excluding hydrogens is 626 g/mol. The molecule has 0 aromatic carbocycles. The number of carboxylic acid groups (broad SMARTS) is 2. The first-order chi connectivity index (χ1) is 22.6. The molecule has 8 N–H and O–H groups in total. The average Bonchev–Trinajstić information content (AvgIpc) is 3.01. The van der Waals surface area contributed by atoms with Crippen molar-refractivity contribution in [2.24, 2.45) is 23.2 Å². The zero-order valence-electron chi connectivity index (χ0n) is 29.3. The van der Waals surface area contributed by atoms with Crippen LogP contribution in [0, 0.1) is 23.2 Å². The molecule has 0 aliphatic heterocycles. The molecule has 2 fully saturated rings. The Kier molecular flexibility index (Phi) is 18.3. The summed E-state index contributed by atoms with van der Waals surface area (Å²) < 4.78 is 11.7. The number of carbonyl (C=O) groups excluding carboxylic acids is 1. The summed E-state index contributed by atoms with van der Waals surface area (Å²) in [5.74, 6) is -6.29. The minimum atomic E-state index is -1.82. The summed E-state index contributed by atoms with van der Waals surface area (Å²) in [7, 11) is 0. The molecule has 2 saturated carbocycles. The largest absolute Gasteiger partial charge is 0.481 e. The van der Waals surface area contributed by atoms with Crippen LogP contribution in [-0.2, 0) is 23.9 Å². The molecule has 0 heterocycles. The number of unbranched alkanes of at least 4 members (excludes halogenated alkanes) is 9. The lowest BCUT2D eigenvalue weighted by Crippen LogP contribution is -2.62. The van der Waals surface area contributed by atoms with Gasteiger partial charge in [-0.2, -0.15) is 0 Å². The van der Waals surface area contributed by atoms with E-state index in [0.29, 0.717) is 13.0 Å². The maximum absolute atomic E-state index is 13.0. The van der Waals surface area contributed by atoms with Gasteiger partial charge in [0.2, 0.25) is 5.91 Å². The molecule has 0 radical (unpaired) electrons. The number of aliphatic hydroxyl groups is 5. The molecule has 2 aliphatic carbocycles. The van der Waals surface area contributed by atoms with Crippen LogP contribution in [0.5, 0.6) is 0 Å². The number of hydrogen-bond donors (Lipinski definition) is 8. The Morgan fingerprint density at radius 2 is 1.27 bits per heavy atom. The van der Waals surface area contributed by atoms with E-state index >= 15 is 0 Å². The van der Waals surface area contributed by atoms with Gasteiger partial charge < -0.3 is 50.5 Å². The third kappa shape index (κ3) is 13.4. The summed E-state index contributed by atoms with van der Waals surface area (Å²) in [4.78, 5) is 37.0. The number of hydrogen-bond acceptors (Lipinski definition) is 10. The van der Waals surface area contributed by atoms with Crippen molar-refractivity contribution in [1.82, 2.24) is 5.32 Å². The van der Waals surface area contributed by atoms with Crippen LogP contribution in [-0.4, -0.2) is 116 Å². The van der Waals surface area contributed by atoms with Gasteiger partial charge in [-0.3, -0.25) is 14.4 Å². The van der Waals surface area contributed by atoms with Gasteiger partial charge in [0.15, 0.2) is 0 Å². The quantitative estimate of drug-likeness (QED) is 0.0815. The van der Waals surface area contributed by atoms with Crippen molar-refractivity contribution < 1.29 is 59.6 Å². The summed E-state index contributed by atoms with van der Waals surface area (Å²) in [6.45, 7) is 8.23. The van der Waals surface area contributed by atoms with Crippen LogP contribution in [0.1, 0.15) is 118 Å². The zero-order valence-corrected chi connectivity index (χ0v) is 29.3. The highest BCUT2D eigenvalue weighted by molar-refractivity contribution is 5.79. The Morgan fingerprint density at radius 3 is 1.81 bits per heavy atom. The number of carboxylic acids is 2. The Bertz CT molecular complexity index is 974. The fourth-order valence-electron chi connectivity index (χ4n) is 6.93. The molecule has 1 amide bonds. The minimum absolute atomic E-state index is 0.00555. The summed E-state index contributed by atoms with van der Waals surface area (Å²) in [5.41, 5.74) is -0.249. The summed E-state index contributed by atoms with van der Waals surface area (Å²) in [6, 6.07) is 0. The van der Waals surface area contributed by atoms with Gasteiger partial charge in [-0.05, 0) is 37.5 Å². The SMILES string of the molecule is CCCCCCCCCCCCO[C@@H]1C[C@H](C(=O)O)[C@@H](O[C@@H]2C[C@H](C(=O)NCC[C@H](CC(C)(C)C)C(=O)O)[C@@H](O)[C@H](O)[C@H]2O)[C@H](O)[C@H]1O. The molecule has 0 aromatic rings. The van der Waals surface area contributed by atoms with Gasteiger partial charge in [-0.15, -0.1) is 0 Å². The molecule has 0 bridgehead atoms. The zero-order chi connectivity index (χ0) is 36.0. The van der Waals surface area contributed by atoms with Gasteiger partial charge in [-0.25, -0.2) is 0 Å². The summed E-state index contributed by atoms with van der Waals surface area (Å²) in [6.07, 6.45) is -0.772. The van der Waals surface area contributed by atoms with Gasteiger partial charge >= 0.3 is 11.9 Å². The van der Waals surface area contributed by atoms with Crippen molar-refractivity contribution >= 4 is 17.8 Å². The van der Waals surface area contributed by atoms with Gasteiger partial charge in [0, 0.05) is 13.2 Å². The first-order valence-electron chi connectivity index (χ1n) is 18.0. The van der Waals surface area contributed by atoms with E-state index in [-0.39, 0.29) is 31.2 Å². The van der Waals surface area contributed by atoms with E-state index in [1.807, 2.05) is 20.8 Å². The van der Waals surface area contributed by atoms with Crippen molar-refractivity contribution in [2.75, 3.05) is 13.2 Å². The molecular formula is C35H63NO12. The molecule has 2 aliphatic rings. The number of nitrogens with one attached hydrogen (secondary N) is 1. The molecule has 0 saturated heterocycles. The van der Waals surface area contributed by atoms with E-state index in [4.69, 9.17) is 9.47 Å². The third-order valence-electron chi connectivity index (χ3n) is 9.75. The predicted octanol–water partition coefficient (Wildman–Crippen LogP) is 2.62. The number of carbonyl (C=O) groups is 3. The lowest BCUT2D eigenvalue weighted by atomic mass is 9.78. The maximum atomic E-state index is 13.0. The highest BCUT2D eigenvalue weighted by Gasteiger charge is 2.52. The van der Waals surface area contributed by atoms with Crippen LogP contribution in [0.3, 0.4) is 0 Å². The Labute approximate surface area is 285 Å².